The van der Waals surface area contributed by atoms with Gasteiger partial charge in [-0.1, -0.05) is 81.4 Å². The van der Waals surface area contributed by atoms with E-state index >= 15 is 0 Å². The average molecular weight is 706 g/mol. The van der Waals surface area contributed by atoms with Crippen LogP contribution in [0.3, 0.4) is 0 Å². The minimum absolute atomic E-state index is 0.116. The first-order valence-corrected chi connectivity index (χ1v) is 18.9. The largest absolute Gasteiger partial charge is 0.481 e. The summed E-state index contributed by atoms with van der Waals surface area (Å²) in [5.74, 6) is 0.358. The zero-order chi connectivity index (χ0) is 35.6. The molecule has 51 heavy (non-hydrogen) atoms. The molecule has 1 saturated heterocycles. The minimum Gasteiger partial charge on any atom is -0.481 e. The van der Waals surface area contributed by atoms with Gasteiger partial charge < -0.3 is 19.4 Å². The number of anilines is 2. The van der Waals surface area contributed by atoms with Gasteiger partial charge in [0.1, 0.15) is 22.7 Å². The Bertz CT molecular complexity index is 2100. The second-order valence-corrected chi connectivity index (χ2v) is 17.8. The molecule has 6 aromatic rings. The van der Waals surface area contributed by atoms with Crippen LogP contribution in [-0.4, -0.2) is 69.4 Å². The first-order valence-electron chi connectivity index (χ1n) is 16.9. The zero-order valence-electron chi connectivity index (χ0n) is 29.0. The van der Waals surface area contributed by atoms with Crippen molar-refractivity contribution in [2.24, 2.45) is 0 Å². The SMILES string of the molecule is COc1ncc(F)cc1C1CCCN1c1ncc2[nH]nc(C(=O)Nc3ccnn3CCO[Si](c3ccccc3)(c3ccccc3)C(C)(C)C)c2n1. The third-order valence-electron chi connectivity index (χ3n) is 9.41. The lowest BCUT2D eigenvalue weighted by Gasteiger charge is -2.43. The molecule has 7 rings (SSSR count). The average Bonchev–Trinajstić information content (AvgIpc) is 3.90. The predicted octanol–water partition coefficient (Wildman–Crippen LogP) is 5.26. The van der Waals surface area contributed by atoms with Crippen molar-refractivity contribution in [3.05, 3.63) is 108 Å². The standard InChI is InChI=1S/C37H40FN9O3Si/c1-37(2,3)51(26-12-7-5-8-13-26,27-14-9-6-10-15-27)50-21-20-47-31(17-18-41-47)42-34(48)33-32-29(44-45-33)24-40-36(43-32)46-19-11-16-30(46)28-22-25(38)23-39-35(28)49-4/h5-10,12-15,17-18,22-24,30H,11,16,19-21H2,1-4H3,(H,42,48)(H,44,45). The fraction of sp³-hybridized carbons (Fsp3) is 0.297. The fourth-order valence-corrected chi connectivity index (χ4v) is 11.7. The molecular formula is C37H40FN9O3Si. The van der Waals surface area contributed by atoms with Crippen LogP contribution in [0.5, 0.6) is 5.88 Å². The van der Waals surface area contributed by atoms with Crippen LogP contribution < -0.4 is 25.3 Å². The van der Waals surface area contributed by atoms with Gasteiger partial charge in [-0.3, -0.25) is 9.89 Å². The molecule has 14 heteroatoms. The summed E-state index contributed by atoms with van der Waals surface area (Å²) in [4.78, 5) is 29.1. The number of carbonyl (C=O) groups is 1. The van der Waals surface area contributed by atoms with Crippen LogP contribution in [0.1, 0.15) is 55.7 Å². The van der Waals surface area contributed by atoms with Gasteiger partial charge in [0.15, 0.2) is 5.69 Å². The molecule has 0 aliphatic carbocycles. The Morgan fingerprint density at radius 3 is 2.45 bits per heavy atom. The lowest BCUT2D eigenvalue weighted by molar-refractivity contribution is 0.102. The highest BCUT2D eigenvalue weighted by Gasteiger charge is 2.50. The summed E-state index contributed by atoms with van der Waals surface area (Å²) < 4.78 is 28.4. The number of pyridine rings is 1. The molecule has 1 aliphatic rings. The lowest BCUT2D eigenvalue weighted by atomic mass is 10.1. The van der Waals surface area contributed by atoms with Gasteiger partial charge in [-0.15, -0.1) is 0 Å². The molecule has 1 atom stereocenters. The van der Waals surface area contributed by atoms with Gasteiger partial charge in [0, 0.05) is 18.2 Å². The number of aromatic amines is 1. The quantitative estimate of drug-likeness (QED) is 0.173. The highest BCUT2D eigenvalue weighted by atomic mass is 28.4. The summed E-state index contributed by atoms with van der Waals surface area (Å²) in [7, 11) is -1.24. The smallest absolute Gasteiger partial charge is 0.279 e. The van der Waals surface area contributed by atoms with Crippen LogP contribution in [0.25, 0.3) is 11.0 Å². The maximum atomic E-state index is 14.2. The van der Waals surface area contributed by atoms with E-state index < -0.39 is 20.0 Å². The summed E-state index contributed by atoms with van der Waals surface area (Å²) in [6.07, 6.45) is 5.96. The number of ether oxygens (including phenoxy) is 1. The van der Waals surface area contributed by atoms with Gasteiger partial charge in [0.25, 0.3) is 14.2 Å². The number of halogens is 1. The molecule has 2 aromatic carbocycles. The third-order valence-corrected chi connectivity index (χ3v) is 14.4. The molecule has 0 spiro atoms. The van der Waals surface area contributed by atoms with Gasteiger partial charge in [-0.25, -0.2) is 24.0 Å². The van der Waals surface area contributed by atoms with E-state index in [0.717, 1.165) is 19.0 Å². The van der Waals surface area contributed by atoms with Crippen LogP contribution in [0.15, 0.2) is 91.4 Å². The predicted molar refractivity (Wildman–Crippen MR) is 196 cm³/mol. The van der Waals surface area contributed by atoms with Crippen LogP contribution in [-0.2, 0) is 11.0 Å². The van der Waals surface area contributed by atoms with Crippen molar-refractivity contribution in [1.29, 1.82) is 0 Å². The number of rotatable bonds is 11. The number of benzene rings is 2. The van der Waals surface area contributed by atoms with E-state index in [0.29, 0.717) is 53.9 Å². The topological polar surface area (TPSA) is 136 Å². The number of carbonyl (C=O) groups excluding carboxylic acids is 1. The Balaban J connectivity index is 1.11. The lowest BCUT2D eigenvalue weighted by Crippen LogP contribution is -2.66. The normalized spacial score (nSPS) is 15.0. The summed E-state index contributed by atoms with van der Waals surface area (Å²) in [6.45, 7) is 8.15. The molecule has 0 radical (unpaired) electrons. The molecule has 1 unspecified atom stereocenters. The molecule has 0 saturated carbocycles. The summed E-state index contributed by atoms with van der Waals surface area (Å²) in [5, 5.41) is 16.8. The number of nitrogens with one attached hydrogen (secondary N) is 2. The summed E-state index contributed by atoms with van der Waals surface area (Å²) >= 11 is 0. The first kappa shape index (κ1) is 34.0. The van der Waals surface area contributed by atoms with E-state index in [4.69, 9.17) is 14.1 Å². The molecule has 5 heterocycles. The number of fused-ring (bicyclic) bond motifs is 1. The summed E-state index contributed by atoms with van der Waals surface area (Å²) in [6, 6.07) is 23.9. The van der Waals surface area contributed by atoms with E-state index in [-0.39, 0.29) is 16.8 Å². The van der Waals surface area contributed by atoms with Crippen molar-refractivity contribution in [2.45, 2.75) is 51.2 Å². The van der Waals surface area contributed by atoms with Crippen LogP contribution in [0.2, 0.25) is 5.04 Å². The van der Waals surface area contributed by atoms with E-state index in [2.05, 4.69) is 99.9 Å². The number of amides is 1. The second-order valence-electron chi connectivity index (χ2n) is 13.5. The van der Waals surface area contributed by atoms with Gasteiger partial charge in [-0.2, -0.15) is 10.2 Å². The number of hydrogen-bond donors (Lipinski definition) is 2. The molecule has 2 N–H and O–H groups in total. The zero-order valence-corrected chi connectivity index (χ0v) is 30.0. The van der Waals surface area contributed by atoms with Crippen LogP contribution in [0.4, 0.5) is 16.2 Å². The van der Waals surface area contributed by atoms with Gasteiger partial charge >= 0.3 is 0 Å². The van der Waals surface area contributed by atoms with Crippen molar-refractivity contribution in [1.82, 2.24) is 34.9 Å². The van der Waals surface area contributed by atoms with Crippen molar-refractivity contribution >= 4 is 47.4 Å². The Kier molecular flexibility index (Phi) is 9.36. The van der Waals surface area contributed by atoms with Gasteiger partial charge in [-0.05, 0) is 34.3 Å². The minimum atomic E-state index is -2.75. The van der Waals surface area contributed by atoms with Crippen LogP contribution >= 0.6 is 0 Å². The van der Waals surface area contributed by atoms with E-state index in [1.54, 1.807) is 23.1 Å². The van der Waals surface area contributed by atoms with Crippen molar-refractivity contribution in [2.75, 3.05) is 30.5 Å². The van der Waals surface area contributed by atoms with Crippen molar-refractivity contribution in [3.63, 3.8) is 0 Å². The maximum Gasteiger partial charge on any atom is 0.279 e. The van der Waals surface area contributed by atoms with E-state index in [1.807, 2.05) is 17.0 Å². The Hall–Kier alpha value is -5.47. The van der Waals surface area contributed by atoms with E-state index in [9.17, 15) is 9.18 Å². The number of aromatic nitrogens is 7. The number of nitrogens with zero attached hydrogens (tertiary/aromatic N) is 7. The molecule has 1 fully saturated rings. The Labute approximate surface area is 296 Å². The number of hydrogen-bond acceptors (Lipinski definition) is 9. The van der Waals surface area contributed by atoms with Gasteiger partial charge in [0.2, 0.25) is 11.8 Å². The molecule has 12 nitrogen and oxygen atoms in total. The van der Waals surface area contributed by atoms with Crippen molar-refractivity contribution < 1.29 is 18.3 Å². The molecule has 262 valence electrons. The number of methoxy groups -OCH3 is 1. The summed E-state index contributed by atoms with van der Waals surface area (Å²) in [5.41, 5.74) is 1.62. The highest BCUT2D eigenvalue weighted by Crippen LogP contribution is 2.39. The van der Waals surface area contributed by atoms with E-state index in [1.165, 1.54) is 23.5 Å². The van der Waals surface area contributed by atoms with Crippen molar-refractivity contribution in [3.8, 4) is 5.88 Å². The maximum absolute atomic E-state index is 14.2. The third kappa shape index (κ3) is 6.47. The molecular weight excluding hydrogens is 666 g/mol. The van der Waals surface area contributed by atoms with Crippen LogP contribution in [0, 0.1) is 5.82 Å². The Morgan fingerprint density at radius 2 is 1.76 bits per heavy atom. The monoisotopic (exact) mass is 705 g/mol. The highest BCUT2D eigenvalue weighted by molar-refractivity contribution is 6.99. The molecule has 4 aromatic heterocycles. The number of H-pyrrole nitrogens is 1. The Morgan fingerprint density at radius 1 is 1.04 bits per heavy atom. The first-order chi connectivity index (χ1) is 24.7. The fourth-order valence-electron chi connectivity index (χ4n) is 7.12. The molecule has 0 bridgehead atoms. The van der Waals surface area contributed by atoms with Gasteiger partial charge in [0.05, 0.1) is 44.9 Å². The second kappa shape index (κ2) is 14.0. The molecule has 1 aliphatic heterocycles. The molecule has 1 amide bonds.